The molecule has 1 saturated heterocycles. The molecule has 3 atom stereocenters. The van der Waals surface area contributed by atoms with Crippen LogP contribution in [-0.4, -0.2) is 99.6 Å². The number of imidazole rings is 3. The van der Waals surface area contributed by atoms with Crippen LogP contribution in [-0.2, 0) is 125 Å². The van der Waals surface area contributed by atoms with E-state index in [0.717, 1.165) is 168 Å². The third kappa shape index (κ3) is 23.1. The molecule has 134 heavy (non-hydrogen) atoms. The van der Waals surface area contributed by atoms with Crippen LogP contribution in [0.5, 0.6) is 0 Å². The van der Waals surface area contributed by atoms with Crippen LogP contribution in [0, 0.1) is 117 Å². The molecule has 0 aliphatic carbocycles. The molecule has 21 rings (SSSR count). The van der Waals surface area contributed by atoms with E-state index in [-0.39, 0.29) is 118 Å². The molecule has 4 radical (unpaired) electrons. The monoisotopic (exact) mass is 2650 g/mol. The van der Waals surface area contributed by atoms with Gasteiger partial charge in [0.25, 0.3) is 0 Å². The van der Waals surface area contributed by atoms with Crippen molar-refractivity contribution in [1.82, 2.24) is 87.4 Å². The minimum Gasteiger partial charge on any atom is -0.375 e. The summed E-state index contributed by atoms with van der Waals surface area (Å²) in [6.45, 7) is 16.0. The molecule has 0 amide bonds. The molecule has 0 bridgehead atoms. The number of ether oxygens (including phenoxy) is 1. The first-order valence-electron chi connectivity index (χ1n) is 41.9. The standard InChI is InChI=1S/C41H34N9O.C17H13F2N2.C16H10N3.C16H14N3.C15H9N4.5Ir/c1-44-41-27-38(50-22-4-19-47-50)14-9-33(41)11-16-40-24-30(5-6-31-7-12-36(25-34(31)28-42)48-20-2-17-45-48)23-39(51-40)15-10-32-8-13-37(26-35(32)29-43)49-21-3-18-46-49;1-11-4-3-5-12(2)16(11)21-9-8-20-17(21)14-7-6-13(18)10-15(14)19;1-2-6-12(7-3-1)15-18-14-9-5-4-8-13(14)16-17-10-11-19(15)16;1-12-5-3-6-13(2)15(12)19-10-9-18-16(19)14-7-4-8-17-11-14;1-2-6-11(7-3-1)14-17-13-9-5-4-8-12(13)15-18-16-10-19(14)15;;;;;/h2-4,7-9,17-22,25-27,30,39-40H,5-6,10-11,15-16,23-24H2;3-6,8-10H,1-2H3;1-7,9-11H;3-6,8-11H,1-2H3;1-7,9-10H;;;;;/q-3;4*-1;;;;;+3. The molecular weight excluding hydrogens is 2570 g/mol. The van der Waals surface area contributed by atoms with E-state index < -0.39 is 11.6 Å². The van der Waals surface area contributed by atoms with Gasteiger partial charge < -0.3 is 27.7 Å². The third-order valence-electron chi connectivity index (χ3n) is 22.4. The number of aryl methyl sites for hydroxylation is 7. The molecule has 674 valence electrons. The van der Waals surface area contributed by atoms with Crippen molar-refractivity contribution in [2.24, 2.45) is 5.92 Å². The number of nitrogens with zero attached hydrogens (tertiary/aromatic N) is 21. The van der Waals surface area contributed by atoms with Crippen LogP contribution in [0.25, 0.3) is 112 Å². The summed E-state index contributed by atoms with van der Waals surface area (Å²) < 4.78 is 46.7. The fraction of sp³-hybridized carbons (Fsp3) is 0.143. The van der Waals surface area contributed by atoms with E-state index in [2.05, 4.69) is 154 Å². The van der Waals surface area contributed by atoms with Crippen molar-refractivity contribution in [1.29, 1.82) is 10.5 Å². The van der Waals surface area contributed by atoms with Gasteiger partial charge in [0, 0.05) is 189 Å². The Morgan fingerprint density at radius 2 is 0.963 bits per heavy atom. The molecule has 0 saturated carbocycles. The van der Waals surface area contributed by atoms with Gasteiger partial charge in [-0.2, -0.15) is 72.9 Å². The summed E-state index contributed by atoms with van der Waals surface area (Å²) in [5.41, 5.74) is 20.2. The second-order valence-corrected chi connectivity index (χ2v) is 30.8. The fourth-order valence-corrected chi connectivity index (χ4v) is 16.2. The maximum Gasteiger partial charge on any atom is 3.00 e. The largest absolute Gasteiger partial charge is 3.00 e. The van der Waals surface area contributed by atoms with Gasteiger partial charge in [-0.3, -0.25) is 52.6 Å². The number of aromatic nitrogens is 18. The Bertz CT molecular complexity index is 6970. The molecule has 11 heterocycles. The van der Waals surface area contributed by atoms with Crippen molar-refractivity contribution < 1.29 is 114 Å². The topological polar surface area (TPSA) is 236 Å². The summed E-state index contributed by atoms with van der Waals surface area (Å²) >= 11 is 0. The number of hydrogen-bond donors (Lipinski definition) is 0. The molecule has 10 aromatic heterocycles. The summed E-state index contributed by atoms with van der Waals surface area (Å²) in [5, 5.41) is 42.8. The fourth-order valence-electron chi connectivity index (χ4n) is 16.2. The van der Waals surface area contributed by atoms with Gasteiger partial charge in [-0.1, -0.05) is 180 Å². The Balaban J connectivity index is 0.000000162. The number of nitriles is 2. The van der Waals surface area contributed by atoms with E-state index in [9.17, 15) is 19.3 Å². The number of para-hydroxylation sites is 2. The van der Waals surface area contributed by atoms with Gasteiger partial charge in [-0.05, 0) is 122 Å². The first-order chi connectivity index (χ1) is 63.3. The minimum atomic E-state index is -0.673. The zero-order valence-electron chi connectivity index (χ0n) is 72.4. The summed E-state index contributed by atoms with van der Waals surface area (Å²) in [6.07, 6.45) is 33.1. The normalized spacial score (nSPS) is 12.8. The van der Waals surface area contributed by atoms with E-state index in [1.807, 2.05) is 218 Å². The van der Waals surface area contributed by atoms with Gasteiger partial charge in [-0.15, -0.1) is 107 Å². The Hall–Kier alpha value is -13.4. The third-order valence-corrected chi connectivity index (χ3v) is 22.4. The minimum absolute atomic E-state index is 0. The van der Waals surface area contributed by atoms with Gasteiger partial charge in [0.1, 0.15) is 18.0 Å². The number of pyridine rings is 1. The average Bonchev–Trinajstić information content (AvgIpc) is 1.56. The summed E-state index contributed by atoms with van der Waals surface area (Å²) in [5.74, 6) is 2.07. The second-order valence-electron chi connectivity index (χ2n) is 30.8. The van der Waals surface area contributed by atoms with E-state index in [0.29, 0.717) is 41.4 Å². The van der Waals surface area contributed by atoms with Crippen molar-refractivity contribution in [3.63, 3.8) is 0 Å². The molecular formula is C105H80F2Ir5N21O-4. The quantitative estimate of drug-likeness (QED) is 0.0727. The van der Waals surface area contributed by atoms with Crippen LogP contribution in [0.2, 0.25) is 0 Å². The predicted molar refractivity (Wildman–Crippen MR) is 489 cm³/mol. The smallest absolute Gasteiger partial charge is 0.375 e. The molecule has 10 aromatic carbocycles. The zero-order valence-corrected chi connectivity index (χ0v) is 84.4. The molecule has 29 heteroatoms. The first kappa shape index (κ1) is 99.6. The molecule has 1 aliphatic rings. The van der Waals surface area contributed by atoms with E-state index >= 15 is 0 Å². The summed E-state index contributed by atoms with van der Waals surface area (Å²) in [7, 11) is 0. The van der Waals surface area contributed by atoms with Gasteiger partial charge in [0.2, 0.25) is 0 Å². The van der Waals surface area contributed by atoms with Crippen LogP contribution in [0.1, 0.15) is 82.2 Å². The van der Waals surface area contributed by atoms with E-state index in [1.54, 1.807) is 80.6 Å². The average molecular weight is 2650 g/mol. The molecule has 0 spiro atoms. The van der Waals surface area contributed by atoms with Gasteiger partial charge >= 0.3 is 20.1 Å². The van der Waals surface area contributed by atoms with Crippen LogP contribution in [0.4, 0.5) is 14.5 Å². The Morgan fingerprint density at radius 3 is 1.47 bits per heavy atom. The Morgan fingerprint density at radius 1 is 0.470 bits per heavy atom. The molecule has 22 nitrogen and oxygen atoms in total. The number of benzene rings is 10. The van der Waals surface area contributed by atoms with Gasteiger partial charge in [0.15, 0.2) is 0 Å². The second kappa shape index (κ2) is 47.3. The molecule has 1 fully saturated rings. The molecule has 3 unspecified atom stereocenters. The Labute approximate surface area is 841 Å². The molecule has 0 N–H and O–H groups in total. The Kier molecular flexibility index (Phi) is 35.2. The van der Waals surface area contributed by atoms with E-state index in [4.69, 9.17) is 21.3 Å². The number of hydrogen-bond acceptors (Lipinski definition) is 14. The maximum atomic E-state index is 14.0. The number of rotatable bonds is 18. The summed E-state index contributed by atoms with van der Waals surface area (Å²) in [4.78, 5) is 30.5. The van der Waals surface area contributed by atoms with Crippen molar-refractivity contribution in [2.75, 3.05) is 0 Å². The maximum absolute atomic E-state index is 14.0. The van der Waals surface area contributed by atoms with Crippen molar-refractivity contribution >= 4 is 38.8 Å². The van der Waals surface area contributed by atoms with Crippen LogP contribution in [0.3, 0.4) is 0 Å². The van der Waals surface area contributed by atoms with E-state index in [1.165, 1.54) is 16.8 Å². The van der Waals surface area contributed by atoms with Crippen molar-refractivity contribution in [3.8, 4) is 86.1 Å². The first-order valence-corrected chi connectivity index (χ1v) is 41.9. The number of halogens is 2. The zero-order chi connectivity index (χ0) is 88.5. The van der Waals surface area contributed by atoms with Crippen molar-refractivity contribution in [2.45, 2.75) is 91.3 Å². The van der Waals surface area contributed by atoms with Crippen LogP contribution >= 0.6 is 0 Å². The van der Waals surface area contributed by atoms with Crippen molar-refractivity contribution in [3.05, 3.63) is 415 Å². The molecule has 1 aliphatic heterocycles. The van der Waals surface area contributed by atoms with Crippen LogP contribution in [0.15, 0.2) is 299 Å². The number of fused-ring (bicyclic) bond motifs is 6. The van der Waals surface area contributed by atoms with Crippen LogP contribution < -0.4 is 0 Å². The van der Waals surface area contributed by atoms with Gasteiger partial charge in [-0.25, -0.2) is 0 Å². The summed E-state index contributed by atoms with van der Waals surface area (Å²) in [6, 6.07) is 91.3. The predicted octanol–water partition coefficient (Wildman–Crippen LogP) is 21.0. The SMILES string of the molecule is Cc1cccc(C)c1-n1ccnc1-c1[c-]cc(F)cc1F.Cc1cccc(C)c1-n1ccnc1-c1[c-]ccnc1.[C-]#[N+]c1cc(-n2cccn2)[c-]cc1CCC1CC(CCc2c[c-]c(-n3cccn3)cc2C#N)CC(CCc2c[c-]c(-n3cccn3)cc2C#N)O1.[Ir+3].[Ir].[Ir].[Ir].[Ir].[c-]1cccc2nc(-c3ccccc3)n3ccnc3c12.[c-]1cccc2nc(-c3ccccc3)n3cnnc3c12. The van der Waals surface area contributed by atoms with Gasteiger partial charge in [0.05, 0.1) is 59.5 Å². The molecule has 20 aromatic rings.